The first kappa shape index (κ1) is 20.6. The van der Waals surface area contributed by atoms with Gasteiger partial charge in [-0.2, -0.15) is 0 Å². The van der Waals surface area contributed by atoms with Gasteiger partial charge in [-0.15, -0.1) is 0 Å². The van der Waals surface area contributed by atoms with Crippen molar-refractivity contribution in [3.05, 3.63) is 52.6 Å². The van der Waals surface area contributed by atoms with Crippen molar-refractivity contribution in [1.82, 2.24) is 0 Å². The molecule has 0 aliphatic rings. The summed E-state index contributed by atoms with van der Waals surface area (Å²) >= 11 is 6.30. The highest BCUT2D eigenvalue weighted by atomic mass is 35.5. The van der Waals surface area contributed by atoms with Crippen LogP contribution in [0.3, 0.4) is 0 Å². The summed E-state index contributed by atoms with van der Waals surface area (Å²) in [5, 5.41) is 3.23. The van der Waals surface area contributed by atoms with Crippen LogP contribution in [0.2, 0.25) is 5.02 Å². The fourth-order valence-corrected chi connectivity index (χ4v) is 2.72. The van der Waals surface area contributed by atoms with Crippen molar-refractivity contribution in [3.8, 4) is 17.2 Å². The predicted octanol–water partition coefficient (Wildman–Crippen LogP) is 5.10. The van der Waals surface area contributed by atoms with Gasteiger partial charge in [0.1, 0.15) is 5.75 Å². The van der Waals surface area contributed by atoms with E-state index in [2.05, 4.69) is 5.32 Å². The van der Waals surface area contributed by atoms with Crippen LogP contribution in [0.1, 0.15) is 25.0 Å². The second-order valence-electron chi connectivity index (χ2n) is 6.23. The Morgan fingerprint density at radius 2 is 1.81 bits per heavy atom. The van der Waals surface area contributed by atoms with Crippen molar-refractivity contribution in [2.24, 2.45) is 0 Å². The Morgan fingerprint density at radius 3 is 2.44 bits per heavy atom. The summed E-state index contributed by atoms with van der Waals surface area (Å²) in [6.45, 7) is 5.76. The molecule has 1 N–H and O–H groups in total. The molecule has 2 rings (SSSR count). The zero-order valence-corrected chi connectivity index (χ0v) is 16.9. The summed E-state index contributed by atoms with van der Waals surface area (Å²) in [5.41, 5.74) is 2.36. The van der Waals surface area contributed by atoms with E-state index in [1.807, 2.05) is 39.0 Å². The number of halogens is 1. The highest BCUT2D eigenvalue weighted by Crippen LogP contribution is 2.37. The number of carbonyl (C=O) groups excluding carboxylic acids is 1. The lowest BCUT2D eigenvalue weighted by Gasteiger charge is -2.15. The quantitative estimate of drug-likeness (QED) is 0.669. The molecule has 2 aromatic rings. The number of amides is 1. The normalized spacial score (nSPS) is 10.9. The summed E-state index contributed by atoms with van der Waals surface area (Å²) in [4.78, 5) is 12.3. The van der Waals surface area contributed by atoms with E-state index in [0.717, 1.165) is 11.1 Å². The average Bonchev–Trinajstić information content (AvgIpc) is 2.61. The molecule has 144 valence electrons. The third-order valence-corrected chi connectivity index (χ3v) is 3.93. The number of carbonyl (C=O) groups is 1. The van der Waals surface area contributed by atoms with E-state index in [-0.39, 0.29) is 12.0 Å². The Bertz CT molecular complexity index is 846. The van der Waals surface area contributed by atoms with E-state index in [1.165, 1.54) is 6.08 Å². The molecular formula is C21H24ClNO4. The van der Waals surface area contributed by atoms with Gasteiger partial charge >= 0.3 is 0 Å². The Hall–Kier alpha value is -2.66. The van der Waals surface area contributed by atoms with E-state index in [4.69, 9.17) is 25.8 Å². The Balaban J connectivity index is 2.19. The zero-order valence-electron chi connectivity index (χ0n) is 16.1. The van der Waals surface area contributed by atoms with Gasteiger partial charge < -0.3 is 19.5 Å². The molecule has 0 bridgehead atoms. The lowest BCUT2D eigenvalue weighted by molar-refractivity contribution is -0.111. The minimum Gasteiger partial charge on any atom is -0.495 e. The summed E-state index contributed by atoms with van der Waals surface area (Å²) in [7, 11) is 3.11. The summed E-state index contributed by atoms with van der Waals surface area (Å²) < 4.78 is 16.3. The number of benzene rings is 2. The maximum absolute atomic E-state index is 12.3. The summed E-state index contributed by atoms with van der Waals surface area (Å²) in [5.74, 6) is 1.32. The molecule has 0 aliphatic carbocycles. The monoisotopic (exact) mass is 389 g/mol. The number of rotatable bonds is 7. The van der Waals surface area contributed by atoms with E-state index in [1.54, 1.807) is 32.4 Å². The number of ether oxygens (including phenoxy) is 3. The molecule has 0 saturated carbocycles. The minimum absolute atomic E-state index is 0.0344. The number of hydrogen-bond acceptors (Lipinski definition) is 4. The summed E-state index contributed by atoms with van der Waals surface area (Å²) in [6, 6.07) is 9.06. The number of anilines is 1. The predicted molar refractivity (Wildman–Crippen MR) is 109 cm³/mol. The van der Waals surface area contributed by atoms with E-state index >= 15 is 0 Å². The second kappa shape index (κ2) is 9.33. The first-order valence-electron chi connectivity index (χ1n) is 8.52. The van der Waals surface area contributed by atoms with Crippen LogP contribution in [-0.2, 0) is 4.79 Å². The number of methoxy groups -OCH3 is 2. The highest BCUT2D eigenvalue weighted by Gasteiger charge is 2.13. The topological polar surface area (TPSA) is 56.8 Å². The molecule has 0 aliphatic heterocycles. The molecule has 0 radical (unpaired) electrons. The molecule has 27 heavy (non-hydrogen) atoms. The second-order valence-corrected chi connectivity index (χ2v) is 6.63. The Labute approximate surface area is 164 Å². The molecule has 1 amide bonds. The van der Waals surface area contributed by atoms with Crippen molar-refractivity contribution in [2.45, 2.75) is 26.9 Å². The van der Waals surface area contributed by atoms with Gasteiger partial charge in [0, 0.05) is 6.08 Å². The van der Waals surface area contributed by atoms with Crippen LogP contribution in [0.25, 0.3) is 6.08 Å². The Morgan fingerprint density at radius 1 is 1.11 bits per heavy atom. The molecule has 0 aromatic heterocycles. The van der Waals surface area contributed by atoms with Crippen LogP contribution in [0.15, 0.2) is 36.4 Å². The number of aryl methyl sites for hydroxylation is 1. The van der Waals surface area contributed by atoms with Crippen LogP contribution < -0.4 is 19.5 Å². The van der Waals surface area contributed by atoms with Gasteiger partial charge in [-0.3, -0.25) is 4.79 Å². The van der Waals surface area contributed by atoms with Gasteiger partial charge in [0.05, 0.1) is 31.0 Å². The third kappa shape index (κ3) is 5.66. The van der Waals surface area contributed by atoms with Gasteiger partial charge in [0.25, 0.3) is 0 Å². The van der Waals surface area contributed by atoms with Gasteiger partial charge in [-0.1, -0.05) is 17.7 Å². The molecule has 5 nitrogen and oxygen atoms in total. The summed E-state index contributed by atoms with van der Waals surface area (Å²) in [6.07, 6.45) is 3.05. The number of hydrogen-bond donors (Lipinski definition) is 1. The van der Waals surface area contributed by atoms with Gasteiger partial charge in [-0.05, 0) is 62.2 Å². The minimum atomic E-state index is -0.281. The van der Waals surface area contributed by atoms with Crippen molar-refractivity contribution in [1.29, 1.82) is 0 Å². The third-order valence-electron chi connectivity index (χ3n) is 3.65. The van der Waals surface area contributed by atoms with Crippen molar-refractivity contribution >= 4 is 29.3 Å². The molecule has 0 atom stereocenters. The van der Waals surface area contributed by atoms with Crippen LogP contribution in [0.5, 0.6) is 17.2 Å². The lowest BCUT2D eigenvalue weighted by atomic mass is 10.1. The van der Waals surface area contributed by atoms with E-state index in [9.17, 15) is 4.79 Å². The standard InChI is InChI=1S/C21H24ClNO4/c1-13(2)27-21-16(22)11-15(12-19(21)26-5)7-9-20(24)23-17-10-14(3)6-8-18(17)25-4/h6-13H,1-5H3,(H,23,24)/b9-7+. The van der Waals surface area contributed by atoms with E-state index in [0.29, 0.717) is 28.0 Å². The molecule has 0 saturated heterocycles. The van der Waals surface area contributed by atoms with Crippen molar-refractivity contribution in [2.75, 3.05) is 19.5 Å². The maximum atomic E-state index is 12.3. The lowest BCUT2D eigenvalue weighted by Crippen LogP contribution is -2.09. The average molecular weight is 390 g/mol. The van der Waals surface area contributed by atoms with Gasteiger partial charge in [-0.25, -0.2) is 0 Å². The fraction of sp³-hybridized carbons (Fsp3) is 0.286. The SMILES string of the molecule is COc1ccc(C)cc1NC(=O)/C=C/c1cc(Cl)c(OC(C)C)c(OC)c1. The first-order valence-corrected chi connectivity index (χ1v) is 8.89. The first-order chi connectivity index (χ1) is 12.8. The highest BCUT2D eigenvalue weighted by molar-refractivity contribution is 6.32. The van der Waals surface area contributed by atoms with Crippen molar-refractivity contribution < 1.29 is 19.0 Å². The van der Waals surface area contributed by atoms with E-state index < -0.39 is 0 Å². The molecule has 2 aromatic carbocycles. The molecule has 0 heterocycles. The zero-order chi connectivity index (χ0) is 20.0. The molecule has 0 fully saturated rings. The molecule has 0 spiro atoms. The molecule has 0 unspecified atom stereocenters. The molecular weight excluding hydrogens is 366 g/mol. The van der Waals surface area contributed by atoms with Gasteiger partial charge in [0.15, 0.2) is 11.5 Å². The van der Waals surface area contributed by atoms with Crippen molar-refractivity contribution in [3.63, 3.8) is 0 Å². The van der Waals surface area contributed by atoms with Crippen LogP contribution >= 0.6 is 11.6 Å². The van der Waals surface area contributed by atoms with Crippen LogP contribution in [-0.4, -0.2) is 26.2 Å². The maximum Gasteiger partial charge on any atom is 0.248 e. The fourth-order valence-electron chi connectivity index (χ4n) is 2.45. The van der Waals surface area contributed by atoms with Crippen LogP contribution in [0.4, 0.5) is 5.69 Å². The van der Waals surface area contributed by atoms with Crippen LogP contribution in [0, 0.1) is 6.92 Å². The largest absolute Gasteiger partial charge is 0.495 e. The Kier molecular flexibility index (Phi) is 7.13. The number of nitrogens with one attached hydrogen (secondary N) is 1. The smallest absolute Gasteiger partial charge is 0.248 e. The van der Waals surface area contributed by atoms with Gasteiger partial charge in [0.2, 0.25) is 5.91 Å². The molecule has 6 heteroatoms.